The van der Waals surface area contributed by atoms with Crippen LogP contribution in [0.1, 0.15) is 29.2 Å². The molecule has 178 valence electrons. The van der Waals surface area contributed by atoms with Crippen LogP contribution in [-0.2, 0) is 11.2 Å². The Hall–Kier alpha value is -2.46. The molecule has 2 heterocycles. The number of halogens is 1. The van der Waals surface area contributed by atoms with Crippen LogP contribution in [0.25, 0.3) is 6.08 Å². The van der Waals surface area contributed by atoms with E-state index in [1.54, 1.807) is 27.4 Å². The summed E-state index contributed by atoms with van der Waals surface area (Å²) in [5, 5.41) is 0. The first-order valence-electron chi connectivity index (χ1n) is 10.6. The number of nitrogens with zero attached hydrogens (tertiary/aromatic N) is 1. The molecule has 8 heteroatoms. The maximum absolute atomic E-state index is 13.0. The molecule has 2 aliphatic heterocycles. The van der Waals surface area contributed by atoms with Gasteiger partial charge in [-0.3, -0.25) is 4.79 Å². The van der Waals surface area contributed by atoms with Crippen molar-refractivity contribution in [2.75, 3.05) is 48.8 Å². The molecule has 4 rings (SSSR count). The number of carbonyl (C=O) groups excluding carboxylic acids is 1. The highest BCUT2D eigenvalue weighted by atomic mass is 127. The van der Waals surface area contributed by atoms with E-state index in [9.17, 15) is 4.79 Å². The van der Waals surface area contributed by atoms with Crippen molar-refractivity contribution in [3.05, 3.63) is 47.0 Å². The summed E-state index contributed by atoms with van der Waals surface area (Å²) < 4.78 is 28.4. The number of quaternary nitrogens is 1. The first-order chi connectivity index (χ1) is 15.4. The first kappa shape index (κ1) is 25.2. The van der Waals surface area contributed by atoms with Crippen LogP contribution in [0.15, 0.2) is 30.3 Å². The highest BCUT2D eigenvalue weighted by molar-refractivity contribution is 5.94. The molecule has 1 unspecified atom stereocenters. The second kappa shape index (κ2) is 10.2. The maximum atomic E-state index is 13.0. The lowest BCUT2D eigenvalue weighted by atomic mass is 9.86. The Morgan fingerprint density at radius 2 is 1.85 bits per heavy atom. The quantitative estimate of drug-likeness (QED) is 0.280. The molecule has 0 spiro atoms. The number of benzene rings is 2. The van der Waals surface area contributed by atoms with E-state index < -0.39 is 0 Å². The van der Waals surface area contributed by atoms with Crippen molar-refractivity contribution >= 4 is 11.9 Å². The summed E-state index contributed by atoms with van der Waals surface area (Å²) in [6.07, 6.45) is 4.70. The number of fused-ring (bicyclic) bond motifs is 2. The molecule has 2 aromatic rings. The Kier molecular flexibility index (Phi) is 7.79. The van der Waals surface area contributed by atoms with Crippen LogP contribution in [0.4, 0.5) is 0 Å². The predicted octanol–water partition coefficient (Wildman–Crippen LogP) is 0.791. The van der Waals surface area contributed by atoms with Crippen molar-refractivity contribution in [3.8, 4) is 28.7 Å². The Bertz CT molecular complexity index is 1070. The summed E-state index contributed by atoms with van der Waals surface area (Å²) in [5.41, 5.74) is 3.07. The summed E-state index contributed by atoms with van der Waals surface area (Å²) in [6, 6.07) is 7.56. The van der Waals surface area contributed by atoms with Gasteiger partial charge in [0.2, 0.25) is 12.5 Å². The summed E-state index contributed by atoms with van der Waals surface area (Å²) in [7, 11) is 9.14. The van der Waals surface area contributed by atoms with Gasteiger partial charge in [-0.2, -0.15) is 0 Å². The number of hydrogen-bond donors (Lipinski definition) is 0. The van der Waals surface area contributed by atoms with Gasteiger partial charge >= 0.3 is 0 Å². The number of rotatable bonds is 7. The van der Waals surface area contributed by atoms with Gasteiger partial charge in [-0.25, -0.2) is 0 Å². The number of ether oxygens (including phenoxy) is 5. The third kappa shape index (κ3) is 4.91. The molecule has 2 aromatic carbocycles. The molecule has 0 N–H and O–H groups in total. The fraction of sp³-hybridized carbons (Fsp3) is 0.400. The predicted molar refractivity (Wildman–Crippen MR) is 121 cm³/mol. The number of hydrogen-bond acceptors (Lipinski definition) is 6. The lowest BCUT2D eigenvalue weighted by Crippen LogP contribution is -3.00. The fourth-order valence-electron chi connectivity index (χ4n) is 4.52. The Morgan fingerprint density at radius 1 is 1.09 bits per heavy atom. The number of ketones is 1. The van der Waals surface area contributed by atoms with E-state index in [1.807, 2.05) is 30.3 Å². The molecule has 0 radical (unpaired) electrons. The zero-order valence-corrected chi connectivity index (χ0v) is 21.8. The van der Waals surface area contributed by atoms with Gasteiger partial charge in [-0.15, -0.1) is 0 Å². The van der Waals surface area contributed by atoms with Gasteiger partial charge < -0.3 is 52.1 Å². The minimum absolute atomic E-state index is 0. The molecule has 0 fully saturated rings. The van der Waals surface area contributed by atoms with Gasteiger partial charge in [0.1, 0.15) is 6.04 Å². The molecule has 7 nitrogen and oxygen atoms in total. The average Bonchev–Trinajstić information content (AvgIpc) is 3.26. The molecule has 0 saturated carbocycles. The largest absolute Gasteiger partial charge is 1.00 e. The maximum Gasteiger partial charge on any atom is 0.231 e. The molecule has 0 amide bonds. The van der Waals surface area contributed by atoms with Crippen molar-refractivity contribution in [2.24, 2.45) is 0 Å². The Balaban J connectivity index is 0.00000306. The van der Waals surface area contributed by atoms with Crippen molar-refractivity contribution in [1.29, 1.82) is 0 Å². The van der Waals surface area contributed by atoms with Gasteiger partial charge in [0.25, 0.3) is 0 Å². The monoisotopic (exact) mass is 567 g/mol. The zero-order chi connectivity index (χ0) is 22.9. The van der Waals surface area contributed by atoms with E-state index in [-0.39, 0.29) is 42.6 Å². The Labute approximate surface area is 211 Å². The summed E-state index contributed by atoms with van der Waals surface area (Å²) in [6.45, 7) is 1.11. The molecule has 0 aromatic heterocycles. The summed E-state index contributed by atoms with van der Waals surface area (Å²) in [4.78, 5) is 13.0. The van der Waals surface area contributed by atoms with Crippen LogP contribution in [0.5, 0.6) is 28.7 Å². The van der Waals surface area contributed by atoms with Gasteiger partial charge in [-0.05, 0) is 35.4 Å². The van der Waals surface area contributed by atoms with Gasteiger partial charge in [0, 0.05) is 6.42 Å². The highest BCUT2D eigenvalue weighted by Crippen LogP contribution is 2.51. The number of methoxy groups -OCH3 is 3. The molecule has 0 bridgehead atoms. The van der Waals surface area contributed by atoms with Crippen molar-refractivity contribution < 1.29 is 56.9 Å². The van der Waals surface area contributed by atoms with Crippen LogP contribution in [-0.4, -0.2) is 59.0 Å². The minimum atomic E-state index is -0.0502. The second-order valence-electron chi connectivity index (χ2n) is 8.60. The Morgan fingerprint density at radius 3 is 2.55 bits per heavy atom. The number of likely N-dealkylation sites (N-methyl/N-ethyl adjacent to an activating group) is 1. The summed E-state index contributed by atoms with van der Waals surface area (Å²) in [5.74, 6) is 3.35. The molecule has 2 aliphatic rings. The van der Waals surface area contributed by atoms with E-state index >= 15 is 0 Å². The minimum Gasteiger partial charge on any atom is -1.00 e. The lowest BCUT2D eigenvalue weighted by molar-refractivity contribution is -0.922. The lowest BCUT2D eigenvalue weighted by Gasteiger charge is -2.43. The van der Waals surface area contributed by atoms with Crippen LogP contribution >= 0.6 is 0 Å². The van der Waals surface area contributed by atoms with Crippen molar-refractivity contribution in [1.82, 2.24) is 0 Å². The number of carbonyl (C=O) groups is 1. The molecule has 33 heavy (non-hydrogen) atoms. The third-order valence-electron chi connectivity index (χ3n) is 6.35. The molecular weight excluding hydrogens is 537 g/mol. The molecule has 0 saturated heterocycles. The fourth-order valence-corrected chi connectivity index (χ4v) is 4.52. The standard InChI is InChI=1S/C25H30NO6.HI/c1-26(2)11-10-17-13-22-24(32-15-31-22)25(30-5)23(17)19(26)14-18(27)8-6-16-7-9-20(28-3)21(12-16)29-4;/h6-9,12-13,19H,10-11,14-15H2,1-5H3;1H/q+1;/p-1. The smallest absolute Gasteiger partial charge is 0.231 e. The topological polar surface area (TPSA) is 63.2 Å². The zero-order valence-electron chi connectivity index (χ0n) is 19.6. The highest BCUT2D eigenvalue weighted by Gasteiger charge is 2.41. The van der Waals surface area contributed by atoms with Gasteiger partial charge in [0.15, 0.2) is 28.8 Å². The first-order valence-corrected chi connectivity index (χ1v) is 10.6. The second-order valence-corrected chi connectivity index (χ2v) is 8.60. The van der Waals surface area contributed by atoms with E-state index in [0.717, 1.165) is 29.7 Å². The van der Waals surface area contributed by atoms with Crippen molar-refractivity contribution in [3.63, 3.8) is 0 Å². The molecule has 0 aliphatic carbocycles. The SMILES string of the molecule is COc1ccc(C=CC(=O)CC2c3c(cc4c(c3OC)OCO4)CC[N+]2(C)C)cc1OC.[I-]. The average molecular weight is 567 g/mol. The van der Waals surface area contributed by atoms with Crippen LogP contribution in [0.3, 0.4) is 0 Å². The summed E-state index contributed by atoms with van der Waals surface area (Å²) >= 11 is 0. The van der Waals surface area contributed by atoms with Crippen LogP contribution < -0.4 is 47.7 Å². The van der Waals surface area contributed by atoms with E-state index in [2.05, 4.69) is 14.1 Å². The van der Waals surface area contributed by atoms with E-state index in [1.165, 1.54) is 0 Å². The third-order valence-corrected chi connectivity index (χ3v) is 6.35. The van der Waals surface area contributed by atoms with Gasteiger partial charge in [-0.1, -0.05) is 12.1 Å². The molecule has 1 atom stereocenters. The van der Waals surface area contributed by atoms with E-state index in [0.29, 0.717) is 39.7 Å². The molecular formula is C25H30INO6. The van der Waals surface area contributed by atoms with Crippen molar-refractivity contribution in [2.45, 2.75) is 18.9 Å². The van der Waals surface area contributed by atoms with Crippen LogP contribution in [0.2, 0.25) is 0 Å². The number of allylic oxidation sites excluding steroid dienone is 1. The van der Waals surface area contributed by atoms with Crippen LogP contribution in [0, 0.1) is 0 Å². The van der Waals surface area contributed by atoms with E-state index in [4.69, 9.17) is 23.7 Å². The normalized spacial score (nSPS) is 17.8. The van der Waals surface area contributed by atoms with Gasteiger partial charge in [0.05, 0.1) is 54.0 Å².